The molecule has 3 fully saturated rings. The smallest absolute Gasteiger partial charge is 0.335 e. The Labute approximate surface area is 185 Å². The van der Waals surface area contributed by atoms with Crippen molar-refractivity contribution in [1.29, 1.82) is 0 Å². The van der Waals surface area contributed by atoms with Crippen molar-refractivity contribution >= 4 is 11.8 Å². The second-order valence-corrected chi connectivity index (χ2v) is 9.64. The van der Waals surface area contributed by atoms with Gasteiger partial charge in [0, 0.05) is 17.8 Å². The van der Waals surface area contributed by atoms with Crippen LogP contribution in [0.25, 0.3) is 0 Å². The standard InChI is InChI=1S/C24H28O8/c1-24-9-8-14-13-5-3-12(10-11(13)2-4-15(14)16(24)6-7-17(24)25)31-23-20(28)18(26)19(27)21(32-23)22(29)30/h3-5,10,14,16,18-21,23,26-28H,2,6-9H2,1H3,(H,29,30)/t14-,16+,18?,19?,20?,21?,23?,24+/m0/s1. The van der Waals surface area contributed by atoms with Gasteiger partial charge in [-0.05, 0) is 54.9 Å². The number of aliphatic carboxylic acids is 1. The number of rotatable bonds is 3. The third-order valence-electron chi connectivity index (χ3n) is 7.94. The summed E-state index contributed by atoms with van der Waals surface area (Å²) in [7, 11) is 0. The number of aliphatic hydroxyl groups excluding tert-OH is 3. The summed E-state index contributed by atoms with van der Waals surface area (Å²) in [6, 6.07) is 5.58. The minimum atomic E-state index is -1.76. The molecule has 172 valence electrons. The normalized spacial score (nSPS) is 40.7. The maximum atomic E-state index is 12.5. The van der Waals surface area contributed by atoms with Crippen LogP contribution in [0.1, 0.15) is 49.7 Å². The fraction of sp³-hybridized carbons (Fsp3) is 0.583. The van der Waals surface area contributed by atoms with E-state index in [0.29, 0.717) is 30.3 Å². The van der Waals surface area contributed by atoms with Gasteiger partial charge in [0.2, 0.25) is 6.29 Å². The molecule has 2 saturated carbocycles. The highest BCUT2D eigenvalue weighted by molar-refractivity contribution is 5.88. The Bertz CT molecular complexity index is 986. The maximum Gasteiger partial charge on any atom is 0.335 e. The van der Waals surface area contributed by atoms with Crippen molar-refractivity contribution < 1.29 is 39.5 Å². The van der Waals surface area contributed by atoms with Crippen LogP contribution in [0, 0.1) is 11.3 Å². The molecule has 1 saturated heterocycles. The van der Waals surface area contributed by atoms with Crippen molar-refractivity contribution in [2.45, 2.75) is 75.7 Å². The quantitative estimate of drug-likeness (QED) is 0.513. The van der Waals surface area contributed by atoms with Gasteiger partial charge >= 0.3 is 5.97 Å². The number of carbonyl (C=O) groups excluding carboxylic acids is 1. The lowest BCUT2D eigenvalue weighted by Gasteiger charge is -2.43. The highest BCUT2D eigenvalue weighted by atomic mass is 16.7. The zero-order valence-electron chi connectivity index (χ0n) is 17.8. The zero-order chi connectivity index (χ0) is 22.8. The Hall–Kier alpha value is -2.26. The Morgan fingerprint density at radius 1 is 1.16 bits per heavy atom. The average Bonchev–Trinajstić information content (AvgIpc) is 3.08. The predicted molar refractivity (Wildman–Crippen MR) is 111 cm³/mol. The number of carboxylic acids is 1. The second-order valence-electron chi connectivity index (χ2n) is 9.64. The number of carboxylic acid groups (broad SMARTS) is 1. The van der Waals surface area contributed by atoms with E-state index in [-0.39, 0.29) is 11.3 Å². The van der Waals surface area contributed by atoms with E-state index < -0.39 is 36.7 Å². The molecular formula is C24H28O8. The van der Waals surface area contributed by atoms with Crippen LogP contribution in [0.3, 0.4) is 0 Å². The molecule has 8 heteroatoms. The van der Waals surface area contributed by atoms with Crippen molar-refractivity contribution in [2.75, 3.05) is 0 Å². The average molecular weight is 444 g/mol. The Kier molecular flexibility index (Phi) is 5.16. The first kappa shape index (κ1) is 21.6. The van der Waals surface area contributed by atoms with Crippen molar-refractivity contribution in [3.8, 4) is 5.75 Å². The van der Waals surface area contributed by atoms with E-state index in [0.717, 1.165) is 24.8 Å². The van der Waals surface area contributed by atoms with E-state index >= 15 is 0 Å². The van der Waals surface area contributed by atoms with E-state index in [4.69, 9.17) is 9.47 Å². The number of aliphatic hydroxyl groups is 3. The van der Waals surface area contributed by atoms with Gasteiger partial charge in [-0.25, -0.2) is 4.79 Å². The monoisotopic (exact) mass is 444 g/mol. The first-order valence-electron chi connectivity index (χ1n) is 11.2. The lowest BCUT2D eigenvalue weighted by molar-refractivity contribution is -0.271. The molecule has 4 aliphatic rings. The molecule has 1 aromatic rings. The zero-order valence-corrected chi connectivity index (χ0v) is 17.8. The molecule has 0 bridgehead atoms. The van der Waals surface area contributed by atoms with Gasteiger partial charge in [-0.15, -0.1) is 0 Å². The van der Waals surface area contributed by atoms with Gasteiger partial charge in [0.15, 0.2) is 6.10 Å². The summed E-state index contributed by atoms with van der Waals surface area (Å²) in [4.78, 5) is 23.8. The Balaban J connectivity index is 1.36. The van der Waals surface area contributed by atoms with E-state index in [1.54, 1.807) is 6.07 Å². The fourth-order valence-electron chi connectivity index (χ4n) is 6.08. The summed E-state index contributed by atoms with van der Waals surface area (Å²) >= 11 is 0. The van der Waals surface area contributed by atoms with Crippen LogP contribution < -0.4 is 4.74 Å². The number of hydrogen-bond donors (Lipinski definition) is 4. The minimum Gasteiger partial charge on any atom is -0.479 e. The maximum absolute atomic E-state index is 12.5. The molecule has 8 atom stereocenters. The summed E-state index contributed by atoms with van der Waals surface area (Å²) in [6.45, 7) is 2.11. The van der Waals surface area contributed by atoms with Gasteiger partial charge in [0.1, 0.15) is 29.8 Å². The molecule has 5 unspecified atom stereocenters. The molecule has 0 spiro atoms. The molecule has 3 aliphatic carbocycles. The number of fused-ring (bicyclic) bond motifs is 5. The van der Waals surface area contributed by atoms with Gasteiger partial charge in [0.05, 0.1) is 0 Å². The van der Waals surface area contributed by atoms with Crippen LogP contribution in [0.4, 0.5) is 0 Å². The Morgan fingerprint density at radius 3 is 2.69 bits per heavy atom. The third kappa shape index (κ3) is 3.20. The van der Waals surface area contributed by atoms with Crippen LogP contribution in [-0.2, 0) is 20.7 Å². The highest BCUT2D eigenvalue weighted by Crippen LogP contribution is 2.58. The van der Waals surface area contributed by atoms with Gasteiger partial charge in [-0.2, -0.15) is 0 Å². The topological polar surface area (TPSA) is 134 Å². The largest absolute Gasteiger partial charge is 0.479 e. The number of Topliss-reactive ketones (excluding diaryl/α,β-unsaturated/α-hetero) is 1. The van der Waals surface area contributed by atoms with E-state index in [1.807, 2.05) is 12.1 Å². The molecular weight excluding hydrogens is 416 g/mol. The lowest BCUT2D eigenvalue weighted by Crippen LogP contribution is -2.61. The second kappa shape index (κ2) is 7.66. The van der Waals surface area contributed by atoms with Gasteiger partial charge < -0.3 is 29.9 Å². The number of benzene rings is 1. The number of ketones is 1. The van der Waals surface area contributed by atoms with Crippen molar-refractivity contribution in [3.05, 3.63) is 41.0 Å². The van der Waals surface area contributed by atoms with Crippen LogP contribution in [0.5, 0.6) is 5.75 Å². The first-order chi connectivity index (χ1) is 15.2. The summed E-state index contributed by atoms with van der Waals surface area (Å²) in [6.07, 6.45) is -1.86. The lowest BCUT2D eigenvalue weighted by atomic mass is 9.60. The van der Waals surface area contributed by atoms with Gasteiger partial charge in [0.25, 0.3) is 0 Å². The number of hydrogen-bond acceptors (Lipinski definition) is 7. The molecule has 32 heavy (non-hydrogen) atoms. The third-order valence-corrected chi connectivity index (χ3v) is 7.94. The molecule has 4 N–H and O–H groups in total. The highest BCUT2D eigenvalue weighted by Gasteiger charge is 2.52. The van der Waals surface area contributed by atoms with Gasteiger partial charge in [-0.1, -0.05) is 24.6 Å². The molecule has 0 amide bonds. The number of ether oxygens (including phenoxy) is 2. The molecule has 8 nitrogen and oxygen atoms in total. The van der Waals surface area contributed by atoms with E-state index in [2.05, 4.69) is 13.0 Å². The van der Waals surface area contributed by atoms with Crippen molar-refractivity contribution in [2.24, 2.45) is 11.3 Å². The minimum absolute atomic E-state index is 0.233. The number of allylic oxidation sites excluding steroid dienone is 2. The number of carbonyl (C=O) groups is 2. The summed E-state index contributed by atoms with van der Waals surface area (Å²) in [5.74, 6) is -0.0931. The summed E-state index contributed by atoms with van der Waals surface area (Å²) < 4.78 is 10.9. The molecule has 0 aromatic heterocycles. The van der Waals surface area contributed by atoms with E-state index in [1.165, 1.54) is 11.1 Å². The van der Waals surface area contributed by atoms with Crippen LogP contribution in [-0.4, -0.2) is 62.9 Å². The molecule has 1 heterocycles. The van der Waals surface area contributed by atoms with Crippen LogP contribution in [0.15, 0.2) is 29.8 Å². The van der Waals surface area contributed by atoms with Crippen molar-refractivity contribution in [1.82, 2.24) is 0 Å². The summed E-state index contributed by atoms with van der Waals surface area (Å²) in [5.41, 5.74) is 3.42. The van der Waals surface area contributed by atoms with Crippen molar-refractivity contribution in [3.63, 3.8) is 0 Å². The molecule has 5 rings (SSSR count). The van der Waals surface area contributed by atoms with Crippen LogP contribution in [0.2, 0.25) is 0 Å². The predicted octanol–water partition coefficient (Wildman–Crippen LogP) is 1.30. The Morgan fingerprint density at radius 2 is 1.94 bits per heavy atom. The molecule has 1 aromatic carbocycles. The summed E-state index contributed by atoms with van der Waals surface area (Å²) in [5, 5.41) is 39.2. The SMILES string of the molecule is C[C@@]12CC[C@@H]3C(=CCc4cc(OC5OC(C(=O)O)C(O)C(O)C5O)ccc43)[C@H]1CCC2=O. The van der Waals surface area contributed by atoms with Crippen LogP contribution >= 0.6 is 0 Å². The first-order valence-corrected chi connectivity index (χ1v) is 11.2. The molecule has 1 aliphatic heterocycles. The van der Waals surface area contributed by atoms with Gasteiger partial charge in [-0.3, -0.25) is 4.79 Å². The fourth-order valence-corrected chi connectivity index (χ4v) is 6.08. The molecule has 0 radical (unpaired) electrons. The van der Waals surface area contributed by atoms with E-state index in [9.17, 15) is 30.0 Å².